The lowest BCUT2D eigenvalue weighted by Crippen LogP contribution is -2.29. The van der Waals surface area contributed by atoms with Crippen LogP contribution in [0.4, 0.5) is 0 Å². The van der Waals surface area contributed by atoms with Gasteiger partial charge in [-0.25, -0.2) is 9.97 Å². The normalized spacial score (nSPS) is 15.2. The van der Waals surface area contributed by atoms with Crippen molar-refractivity contribution in [2.24, 2.45) is 0 Å². The summed E-state index contributed by atoms with van der Waals surface area (Å²) in [6.45, 7) is 3.64. The Morgan fingerprint density at radius 2 is 1.76 bits per heavy atom. The summed E-state index contributed by atoms with van der Waals surface area (Å²) >= 11 is 1.52. The van der Waals surface area contributed by atoms with Gasteiger partial charge in [-0.2, -0.15) is 10.2 Å². The largest absolute Gasteiger partial charge is 0.459 e. The van der Waals surface area contributed by atoms with Gasteiger partial charge in [0.25, 0.3) is 0 Å². The van der Waals surface area contributed by atoms with Crippen molar-refractivity contribution in [3.63, 3.8) is 0 Å². The maximum absolute atomic E-state index is 9.86. The van der Waals surface area contributed by atoms with Crippen molar-refractivity contribution in [1.82, 2.24) is 19.9 Å². The molecule has 2 aromatic heterocycles. The molecule has 0 saturated carbocycles. The highest BCUT2D eigenvalue weighted by Crippen LogP contribution is 2.31. The predicted molar refractivity (Wildman–Crippen MR) is 129 cm³/mol. The number of aromatic nitrogens is 3. The number of rotatable bonds is 7. The molecule has 166 valence electrons. The molecule has 0 radical (unpaired) electrons. The van der Waals surface area contributed by atoms with Crippen LogP contribution in [0.5, 0.6) is 6.01 Å². The zero-order valence-corrected chi connectivity index (χ0v) is 19.2. The van der Waals surface area contributed by atoms with Crippen LogP contribution < -0.4 is 4.74 Å². The molecular weight excluding hydrogens is 430 g/mol. The van der Waals surface area contributed by atoms with Gasteiger partial charge < -0.3 is 4.74 Å². The Hall–Kier alpha value is -3.34. The van der Waals surface area contributed by atoms with Crippen LogP contribution >= 0.6 is 11.3 Å². The van der Waals surface area contributed by atoms with E-state index in [9.17, 15) is 5.26 Å². The molecule has 3 heterocycles. The number of hydrogen-bond acceptors (Lipinski definition) is 7. The topological polar surface area (TPSA) is 74.9 Å². The number of para-hydroxylation sites is 1. The SMILES string of the molecule is N#CC(c1ccnc(OCc2ccccc2CN2CCCCC2)n1)c1nc2ccccc2s1. The molecule has 33 heavy (non-hydrogen) atoms. The molecule has 1 atom stereocenters. The highest BCUT2D eigenvalue weighted by molar-refractivity contribution is 7.18. The van der Waals surface area contributed by atoms with Crippen molar-refractivity contribution < 1.29 is 4.74 Å². The second-order valence-electron chi connectivity index (χ2n) is 8.24. The van der Waals surface area contributed by atoms with E-state index in [1.165, 1.54) is 36.2 Å². The highest BCUT2D eigenvalue weighted by atomic mass is 32.1. The molecule has 4 aromatic rings. The van der Waals surface area contributed by atoms with Gasteiger partial charge in [-0.15, -0.1) is 11.3 Å². The number of hydrogen-bond donors (Lipinski definition) is 0. The number of benzene rings is 2. The van der Waals surface area contributed by atoms with Gasteiger partial charge in [0.2, 0.25) is 0 Å². The van der Waals surface area contributed by atoms with Crippen molar-refractivity contribution in [1.29, 1.82) is 5.26 Å². The van der Waals surface area contributed by atoms with E-state index in [2.05, 4.69) is 44.1 Å². The Labute approximate surface area is 197 Å². The van der Waals surface area contributed by atoms with E-state index in [0.717, 1.165) is 40.4 Å². The number of nitrogens with zero attached hydrogens (tertiary/aromatic N) is 5. The van der Waals surface area contributed by atoms with Crippen LogP contribution in [0.3, 0.4) is 0 Å². The molecule has 1 unspecified atom stereocenters. The first kappa shape index (κ1) is 21.5. The van der Waals surface area contributed by atoms with Crippen molar-refractivity contribution >= 4 is 21.6 Å². The average Bonchev–Trinajstić information content (AvgIpc) is 3.29. The standard InChI is InChI=1S/C26H25N5OS/c27-16-21(25-29-23-10-4-5-11-24(23)33-25)22-12-13-28-26(30-22)32-18-20-9-3-2-8-19(20)17-31-14-6-1-7-15-31/h2-5,8-13,21H,1,6-7,14-15,17-18H2. The molecule has 1 saturated heterocycles. The molecule has 6 nitrogen and oxygen atoms in total. The minimum atomic E-state index is -0.556. The highest BCUT2D eigenvalue weighted by Gasteiger charge is 2.21. The Balaban J connectivity index is 1.31. The first-order valence-electron chi connectivity index (χ1n) is 11.3. The van der Waals surface area contributed by atoms with E-state index in [1.807, 2.05) is 30.3 Å². The Kier molecular flexibility index (Phi) is 6.56. The van der Waals surface area contributed by atoms with Crippen LogP contribution in [0, 0.1) is 11.3 Å². The minimum Gasteiger partial charge on any atom is -0.459 e. The number of fused-ring (bicyclic) bond motifs is 1. The molecule has 0 spiro atoms. The maximum atomic E-state index is 9.86. The summed E-state index contributed by atoms with van der Waals surface area (Å²) in [4.78, 5) is 16.0. The molecule has 7 heteroatoms. The van der Waals surface area contributed by atoms with Crippen LogP contribution in [0.15, 0.2) is 60.8 Å². The summed E-state index contributed by atoms with van der Waals surface area (Å²) in [6, 6.07) is 20.7. The van der Waals surface area contributed by atoms with Crippen molar-refractivity contribution in [3.05, 3.63) is 82.6 Å². The van der Waals surface area contributed by atoms with E-state index < -0.39 is 5.92 Å². The lowest BCUT2D eigenvalue weighted by molar-refractivity contribution is 0.217. The second kappa shape index (κ2) is 10.1. The van der Waals surface area contributed by atoms with E-state index in [1.54, 1.807) is 12.3 Å². The minimum absolute atomic E-state index is 0.279. The van der Waals surface area contributed by atoms with Crippen LogP contribution in [0.25, 0.3) is 10.2 Å². The third kappa shape index (κ3) is 5.03. The van der Waals surface area contributed by atoms with E-state index in [0.29, 0.717) is 12.3 Å². The molecule has 1 aliphatic heterocycles. The van der Waals surface area contributed by atoms with E-state index in [4.69, 9.17) is 4.74 Å². The zero-order chi connectivity index (χ0) is 22.5. The first-order valence-corrected chi connectivity index (χ1v) is 12.1. The number of thiazole rings is 1. The quantitative estimate of drug-likeness (QED) is 0.376. The maximum Gasteiger partial charge on any atom is 0.316 e. The van der Waals surface area contributed by atoms with Gasteiger partial charge in [0.1, 0.15) is 17.5 Å². The first-order chi connectivity index (χ1) is 16.3. The molecular formula is C26H25N5OS. The van der Waals surface area contributed by atoms with Gasteiger partial charge in [-0.1, -0.05) is 42.8 Å². The fraction of sp³-hybridized carbons (Fsp3) is 0.308. The van der Waals surface area contributed by atoms with E-state index in [-0.39, 0.29) is 6.01 Å². The lowest BCUT2D eigenvalue weighted by atomic mass is 10.1. The molecule has 1 aliphatic rings. The molecule has 0 N–H and O–H groups in total. The van der Waals surface area contributed by atoms with Crippen LogP contribution in [-0.4, -0.2) is 32.9 Å². The third-order valence-electron chi connectivity index (χ3n) is 5.96. The summed E-state index contributed by atoms with van der Waals surface area (Å²) in [7, 11) is 0. The van der Waals surface area contributed by atoms with Gasteiger partial charge >= 0.3 is 6.01 Å². The van der Waals surface area contributed by atoms with Crippen molar-refractivity contribution in [3.8, 4) is 12.1 Å². The number of likely N-dealkylation sites (tertiary alicyclic amines) is 1. The summed E-state index contributed by atoms with van der Waals surface area (Å²) in [5.74, 6) is -0.556. The number of piperidine rings is 1. The van der Waals surface area contributed by atoms with Crippen LogP contribution in [-0.2, 0) is 13.2 Å². The van der Waals surface area contributed by atoms with Gasteiger partial charge in [-0.05, 0) is 55.3 Å². The van der Waals surface area contributed by atoms with Gasteiger partial charge in [0.15, 0.2) is 0 Å². The van der Waals surface area contributed by atoms with E-state index >= 15 is 0 Å². The molecule has 5 rings (SSSR count). The second-order valence-corrected chi connectivity index (χ2v) is 9.30. The van der Waals surface area contributed by atoms with Gasteiger partial charge in [0, 0.05) is 12.7 Å². The molecule has 0 bridgehead atoms. The molecule has 2 aromatic carbocycles. The molecule has 1 fully saturated rings. The van der Waals surface area contributed by atoms with Crippen LogP contribution in [0.1, 0.15) is 47.0 Å². The zero-order valence-electron chi connectivity index (χ0n) is 18.4. The lowest BCUT2D eigenvalue weighted by Gasteiger charge is -2.27. The average molecular weight is 456 g/mol. The van der Waals surface area contributed by atoms with Gasteiger partial charge in [-0.3, -0.25) is 4.90 Å². The fourth-order valence-electron chi connectivity index (χ4n) is 4.20. The third-order valence-corrected chi connectivity index (χ3v) is 7.06. The van der Waals surface area contributed by atoms with Gasteiger partial charge in [0.05, 0.1) is 22.0 Å². The number of nitriles is 1. The fourth-order valence-corrected chi connectivity index (χ4v) is 5.22. The summed E-state index contributed by atoms with van der Waals surface area (Å²) < 4.78 is 7.04. The number of ether oxygens (including phenoxy) is 1. The smallest absolute Gasteiger partial charge is 0.316 e. The monoisotopic (exact) mass is 455 g/mol. The summed E-state index contributed by atoms with van der Waals surface area (Å²) in [6.07, 6.45) is 5.52. The Bertz CT molecular complexity index is 1240. The Morgan fingerprint density at radius 1 is 0.970 bits per heavy atom. The molecule has 0 amide bonds. The summed E-state index contributed by atoms with van der Waals surface area (Å²) in [5.41, 5.74) is 3.91. The summed E-state index contributed by atoms with van der Waals surface area (Å²) in [5, 5.41) is 10.6. The molecule has 0 aliphatic carbocycles. The predicted octanol–water partition coefficient (Wildman–Crippen LogP) is 5.31. The Morgan fingerprint density at radius 3 is 2.58 bits per heavy atom. The van der Waals surface area contributed by atoms with Crippen molar-refractivity contribution in [2.75, 3.05) is 13.1 Å². The van der Waals surface area contributed by atoms with Crippen molar-refractivity contribution in [2.45, 2.75) is 38.3 Å². The van der Waals surface area contributed by atoms with Crippen LogP contribution in [0.2, 0.25) is 0 Å².